The van der Waals surface area contributed by atoms with Crippen LogP contribution in [0.3, 0.4) is 0 Å². The number of hydrogen-bond donors (Lipinski definition) is 0. The van der Waals surface area contributed by atoms with Crippen LogP contribution in [0, 0.1) is 68.0 Å². The molecule has 21 aromatic carbocycles. The van der Waals surface area contributed by atoms with Crippen molar-refractivity contribution in [2.75, 3.05) is 0 Å². The fraction of sp³-hybridized carbons (Fsp3) is 0. The Kier molecular flexibility index (Phi) is 21.0. The van der Waals surface area contributed by atoms with E-state index in [9.17, 15) is 31.6 Å². The van der Waals surface area contributed by atoms with Gasteiger partial charge in [-0.15, -0.1) is 0 Å². The monoisotopic (exact) mass is 1830 g/mol. The van der Waals surface area contributed by atoms with Gasteiger partial charge in [0.2, 0.25) is 0 Å². The number of nitriles is 6. The summed E-state index contributed by atoms with van der Waals surface area (Å²) < 4.78 is 13.7. The standard InChI is InChI=1S/3C44H26N4/c45-27-29-21-23-43-37(25-29)38-26-30(22-24-44(38)47(43)39-17-7-1-11-31(39)28-46)32-12-2-3-13-33(32)34-14-4-8-18-40(34)48-41-19-9-5-15-35(41)36-16-6-10-20-42(36)48;45-27-29-10-9-11-32(24-29)47-40-17-6-4-16-37(40)39-26-31(21-23-43(39)47)33-12-1-2-13-34(33)35-14-3-7-18-41(35)48-42-19-8-5-15-36(42)38-25-30(28-46)20-22-44(38)48;45-27-29-17-21-32(22-18-29)47-40-14-6-4-13-37(40)39-26-31(20-24-43(39)47)33-9-1-2-10-34(33)35-11-3-7-15-41(35)48-42-16-8-5-12-36(42)38-25-30(28-46)19-23-44(38)48/h3*1-26H. The summed E-state index contributed by atoms with van der Waals surface area (Å²) >= 11 is 0. The Morgan fingerprint density at radius 1 is 0.132 bits per heavy atom. The summed E-state index contributed by atoms with van der Waals surface area (Å²) in [6, 6.07) is 177. The first kappa shape index (κ1) is 85.1. The van der Waals surface area contributed by atoms with Crippen molar-refractivity contribution in [3.63, 3.8) is 0 Å². The van der Waals surface area contributed by atoms with Crippen LogP contribution in [0.5, 0.6) is 0 Å². The van der Waals surface area contributed by atoms with Crippen molar-refractivity contribution in [2.45, 2.75) is 0 Å². The molecule has 144 heavy (non-hydrogen) atoms. The van der Waals surface area contributed by atoms with Crippen LogP contribution >= 0.6 is 0 Å². The Morgan fingerprint density at radius 3 is 0.722 bits per heavy atom. The van der Waals surface area contributed by atoms with E-state index < -0.39 is 0 Å². The SMILES string of the molecule is N#Cc1ccc(-n2c3ccccc3c3cc(-c4ccccc4-c4ccccc4-n4c5ccccc5c5cc(C#N)ccc54)ccc32)cc1.N#Cc1ccc2c(c1)c1cc(-c3ccccc3-c3ccccc3-n3c4ccccc4c4ccccc43)ccc1n2-c1ccccc1C#N.N#Cc1cccc(-n2c3ccccc3c3cc(-c4ccccc4-c4ccccc4-n4c5ccccc5c5cc(C#N)ccc54)ccc32)c1. The van der Waals surface area contributed by atoms with E-state index in [0.717, 1.165) is 199 Å². The van der Waals surface area contributed by atoms with Crippen LogP contribution in [0.15, 0.2) is 473 Å². The van der Waals surface area contributed by atoms with Crippen LogP contribution in [0.1, 0.15) is 33.4 Å². The molecule has 0 saturated carbocycles. The van der Waals surface area contributed by atoms with Crippen molar-refractivity contribution in [3.8, 4) is 137 Å². The lowest BCUT2D eigenvalue weighted by atomic mass is 9.92. The van der Waals surface area contributed by atoms with Gasteiger partial charge in [-0.3, -0.25) is 0 Å². The molecule has 666 valence electrons. The quantitative estimate of drug-likeness (QED) is 0.118. The Hall–Kier alpha value is -20.6. The summed E-state index contributed by atoms with van der Waals surface area (Å²) in [6.07, 6.45) is 0. The first-order valence-corrected chi connectivity index (χ1v) is 47.7. The van der Waals surface area contributed by atoms with Crippen LogP contribution in [0.4, 0.5) is 0 Å². The lowest BCUT2D eigenvalue weighted by molar-refractivity contribution is 1.17. The maximum Gasteiger partial charge on any atom is 0.101 e. The average Bonchev–Trinajstić information content (AvgIpc) is 1.58. The zero-order valence-corrected chi connectivity index (χ0v) is 77.4. The lowest BCUT2D eigenvalue weighted by Gasteiger charge is -2.17. The van der Waals surface area contributed by atoms with Gasteiger partial charge in [0.1, 0.15) is 6.07 Å². The number of nitrogens with zero attached hydrogens (tertiary/aromatic N) is 12. The number of hydrogen-bond acceptors (Lipinski definition) is 6. The Morgan fingerprint density at radius 2 is 0.368 bits per heavy atom. The molecule has 0 amide bonds. The molecule has 27 rings (SSSR count). The number of aromatic nitrogens is 6. The van der Waals surface area contributed by atoms with Crippen LogP contribution in [0.2, 0.25) is 0 Å². The van der Waals surface area contributed by atoms with Gasteiger partial charge in [0.25, 0.3) is 0 Å². The highest BCUT2D eigenvalue weighted by atomic mass is 15.0. The molecule has 0 aliphatic heterocycles. The summed E-state index contributed by atoms with van der Waals surface area (Å²) in [5, 5.41) is 71.6. The van der Waals surface area contributed by atoms with Crippen molar-refractivity contribution >= 4 is 131 Å². The van der Waals surface area contributed by atoms with E-state index in [1.165, 1.54) is 32.6 Å². The van der Waals surface area contributed by atoms with Crippen LogP contribution in [-0.2, 0) is 0 Å². The molecule has 0 unspecified atom stereocenters. The fourth-order valence-corrected chi connectivity index (χ4v) is 21.9. The zero-order chi connectivity index (χ0) is 96.6. The molecule has 0 fully saturated rings. The zero-order valence-electron chi connectivity index (χ0n) is 77.4. The lowest BCUT2D eigenvalue weighted by Crippen LogP contribution is -1.98. The molecule has 0 spiro atoms. The van der Waals surface area contributed by atoms with E-state index in [-0.39, 0.29) is 0 Å². The molecule has 0 N–H and O–H groups in total. The van der Waals surface area contributed by atoms with Gasteiger partial charge >= 0.3 is 0 Å². The molecular formula is C132H78N12. The van der Waals surface area contributed by atoms with Crippen molar-refractivity contribution in [1.82, 2.24) is 27.4 Å². The molecule has 6 aromatic heterocycles. The molecule has 0 radical (unpaired) electrons. The predicted molar refractivity (Wildman–Crippen MR) is 586 cm³/mol. The number of rotatable bonds is 12. The molecule has 12 nitrogen and oxygen atoms in total. The van der Waals surface area contributed by atoms with Gasteiger partial charge in [-0.2, -0.15) is 31.6 Å². The van der Waals surface area contributed by atoms with E-state index in [1.807, 2.05) is 109 Å². The Balaban J connectivity index is 0.000000113. The van der Waals surface area contributed by atoms with Gasteiger partial charge in [0.15, 0.2) is 0 Å². The normalized spacial score (nSPS) is 11.3. The van der Waals surface area contributed by atoms with Gasteiger partial charge in [-0.05, 0) is 250 Å². The summed E-state index contributed by atoms with van der Waals surface area (Å²) in [5.74, 6) is 0. The van der Waals surface area contributed by atoms with Crippen molar-refractivity contribution in [3.05, 3.63) is 507 Å². The minimum atomic E-state index is 0.594. The maximum atomic E-state index is 9.97. The van der Waals surface area contributed by atoms with E-state index in [4.69, 9.17) is 0 Å². The highest BCUT2D eigenvalue weighted by Crippen LogP contribution is 2.48. The number of para-hydroxylation sites is 10. The topological polar surface area (TPSA) is 172 Å². The molecule has 0 saturated heterocycles. The smallest absolute Gasteiger partial charge is 0.101 e. The molecular weight excluding hydrogens is 1750 g/mol. The minimum Gasteiger partial charge on any atom is -0.309 e. The first-order chi connectivity index (χ1) is 71.2. The van der Waals surface area contributed by atoms with Gasteiger partial charge in [0, 0.05) is 92.7 Å². The molecule has 12 heteroatoms. The van der Waals surface area contributed by atoms with Crippen LogP contribution < -0.4 is 0 Å². The van der Waals surface area contributed by atoms with Crippen LogP contribution in [0.25, 0.3) is 232 Å². The summed E-state index contributed by atoms with van der Waals surface area (Å²) in [6.45, 7) is 0. The molecule has 6 heterocycles. The second kappa shape index (κ2) is 35.5. The largest absolute Gasteiger partial charge is 0.309 e. The Labute approximate surface area is 827 Å². The molecule has 27 aromatic rings. The average molecular weight is 1830 g/mol. The van der Waals surface area contributed by atoms with Crippen molar-refractivity contribution in [2.24, 2.45) is 0 Å². The summed E-state index contributed by atoms with van der Waals surface area (Å²) in [4.78, 5) is 0. The van der Waals surface area contributed by atoms with E-state index >= 15 is 0 Å². The van der Waals surface area contributed by atoms with E-state index in [2.05, 4.69) is 428 Å². The third kappa shape index (κ3) is 14.2. The third-order valence-electron chi connectivity index (χ3n) is 28.2. The molecule has 0 aliphatic carbocycles. The highest BCUT2D eigenvalue weighted by molar-refractivity contribution is 6.17. The van der Waals surface area contributed by atoms with Gasteiger partial charge < -0.3 is 27.4 Å². The van der Waals surface area contributed by atoms with Gasteiger partial charge in [0.05, 0.1) is 153 Å². The van der Waals surface area contributed by atoms with E-state index in [0.29, 0.717) is 33.4 Å². The highest BCUT2D eigenvalue weighted by Gasteiger charge is 2.27. The number of fused-ring (bicyclic) bond motifs is 18. The summed E-state index contributed by atoms with van der Waals surface area (Å²) in [5.41, 5.74) is 36.4. The van der Waals surface area contributed by atoms with E-state index in [1.54, 1.807) is 0 Å². The van der Waals surface area contributed by atoms with Crippen molar-refractivity contribution < 1.29 is 0 Å². The van der Waals surface area contributed by atoms with Gasteiger partial charge in [-0.1, -0.05) is 273 Å². The number of benzene rings is 21. The van der Waals surface area contributed by atoms with Gasteiger partial charge in [-0.25, -0.2) is 0 Å². The minimum absolute atomic E-state index is 0.594. The first-order valence-electron chi connectivity index (χ1n) is 47.7. The molecule has 0 atom stereocenters. The second-order valence-electron chi connectivity index (χ2n) is 36.0. The summed E-state index contributed by atoms with van der Waals surface area (Å²) in [7, 11) is 0. The Bertz CT molecular complexity index is 10200. The molecule has 0 bridgehead atoms. The van der Waals surface area contributed by atoms with Crippen molar-refractivity contribution in [1.29, 1.82) is 31.6 Å². The maximum absolute atomic E-state index is 9.97. The molecule has 0 aliphatic rings. The fourth-order valence-electron chi connectivity index (χ4n) is 21.9. The third-order valence-corrected chi connectivity index (χ3v) is 28.2. The second-order valence-corrected chi connectivity index (χ2v) is 36.0. The van der Waals surface area contributed by atoms with Crippen LogP contribution in [-0.4, -0.2) is 27.4 Å². The predicted octanol–water partition coefficient (Wildman–Crippen LogP) is 32.9.